The molecule has 0 saturated carbocycles. The summed E-state index contributed by atoms with van der Waals surface area (Å²) in [5.41, 5.74) is 3.33. The molecule has 1 unspecified atom stereocenters. The van der Waals surface area contributed by atoms with Crippen LogP contribution in [0.3, 0.4) is 0 Å². The molecule has 0 aliphatic heterocycles. The second-order valence-corrected chi connectivity index (χ2v) is 8.68. The van der Waals surface area contributed by atoms with Gasteiger partial charge >= 0.3 is 0 Å². The van der Waals surface area contributed by atoms with Crippen LogP contribution in [0.15, 0.2) is 83.8 Å². The van der Waals surface area contributed by atoms with Gasteiger partial charge in [-0.2, -0.15) is 0 Å². The lowest BCUT2D eigenvalue weighted by molar-refractivity contribution is -0.116. The number of sulfonamides is 1. The Hall–Kier alpha value is -2.96. The van der Waals surface area contributed by atoms with Gasteiger partial charge in [0.1, 0.15) is 0 Å². The molecule has 150 valence electrons. The zero-order valence-corrected chi connectivity index (χ0v) is 17.2. The van der Waals surface area contributed by atoms with E-state index in [1.54, 1.807) is 36.4 Å². The van der Waals surface area contributed by atoms with E-state index in [0.717, 1.165) is 16.7 Å². The standard InChI is InChI=1S/C23H24N2O3S/c1-17-12-14-20(15-13-17)29(27,28)25-22(21-11-7-6-8-18(21)2)16-23(26)24-19-9-4-3-5-10-19/h3-15,22,25H,16H2,1-2H3,(H,24,26). The number of anilines is 1. The minimum absolute atomic E-state index is 0.0230. The quantitative estimate of drug-likeness (QED) is 0.610. The molecular formula is C23H24N2O3S. The average Bonchev–Trinajstić information content (AvgIpc) is 2.69. The van der Waals surface area contributed by atoms with Gasteiger partial charge in [-0.05, 0) is 49.2 Å². The summed E-state index contributed by atoms with van der Waals surface area (Å²) in [6, 6.07) is 22.5. The van der Waals surface area contributed by atoms with Gasteiger partial charge in [0.15, 0.2) is 0 Å². The average molecular weight is 409 g/mol. The normalized spacial score (nSPS) is 12.3. The highest BCUT2D eigenvalue weighted by atomic mass is 32.2. The summed E-state index contributed by atoms with van der Waals surface area (Å²) in [4.78, 5) is 12.8. The summed E-state index contributed by atoms with van der Waals surface area (Å²) in [6.07, 6.45) is -0.0230. The van der Waals surface area contributed by atoms with Crippen molar-refractivity contribution in [1.29, 1.82) is 0 Å². The third-order valence-electron chi connectivity index (χ3n) is 4.64. The number of carbonyl (C=O) groups excluding carboxylic acids is 1. The Bertz CT molecular complexity index is 1080. The van der Waals surface area contributed by atoms with Gasteiger partial charge in [-0.1, -0.05) is 60.2 Å². The Kier molecular flexibility index (Phi) is 6.46. The monoisotopic (exact) mass is 408 g/mol. The van der Waals surface area contributed by atoms with Crippen molar-refractivity contribution in [3.63, 3.8) is 0 Å². The van der Waals surface area contributed by atoms with Gasteiger partial charge in [0.25, 0.3) is 0 Å². The molecule has 0 fully saturated rings. The Morgan fingerprint density at radius 3 is 2.14 bits per heavy atom. The van der Waals surface area contributed by atoms with E-state index in [-0.39, 0.29) is 17.2 Å². The summed E-state index contributed by atoms with van der Waals surface area (Å²) in [7, 11) is -3.79. The fourth-order valence-corrected chi connectivity index (χ4v) is 4.30. The maximum absolute atomic E-state index is 12.9. The van der Waals surface area contributed by atoms with Gasteiger partial charge in [0, 0.05) is 12.1 Å². The number of hydrogen-bond acceptors (Lipinski definition) is 3. The van der Waals surface area contributed by atoms with E-state index < -0.39 is 16.1 Å². The minimum Gasteiger partial charge on any atom is -0.326 e. The molecule has 3 aromatic rings. The maximum Gasteiger partial charge on any atom is 0.241 e. The molecule has 1 atom stereocenters. The number of amides is 1. The van der Waals surface area contributed by atoms with E-state index in [4.69, 9.17) is 0 Å². The van der Waals surface area contributed by atoms with Gasteiger partial charge in [-0.15, -0.1) is 0 Å². The van der Waals surface area contributed by atoms with Crippen molar-refractivity contribution in [1.82, 2.24) is 4.72 Å². The smallest absolute Gasteiger partial charge is 0.241 e. The van der Waals surface area contributed by atoms with E-state index in [0.29, 0.717) is 5.69 Å². The highest BCUT2D eigenvalue weighted by Crippen LogP contribution is 2.24. The number of nitrogens with one attached hydrogen (secondary N) is 2. The number of aryl methyl sites for hydroxylation is 2. The fourth-order valence-electron chi connectivity index (χ4n) is 3.08. The lowest BCUT2D eigenvalue weighted by Crippen LogP contribution is -2.32. The van der Waals surface area contributed by atoms with Crippen LogP contribution in [0.25, 0.3) is 0 Å². The lowest BCUT2D eigenvalue weighted by Gasteiger charge is -2.21. The van der Waals surface area contributed by atoms with Crippen molar-refractivity contribution in [3.05, 3.63) is 95.6 Å². The molecule has 0 saturated heterocycles. The molecule has 5 nitrogen and oxygen atoms in total. The predicted octanol–water partition coefficient (Wildman–Crippen LogP) is 4.35. The first-order valence-electron chi connectivity index (χ1n) is 9.34. The van der Waals surface area contributed by atoms with Gasteiger partial charge in [-0.25, -0.2) is 13.1 Å². The largest absolute Gasteiger partial charge is 0.326 e. The number of rotatable bonds is 7. The van der Waals surface area contributed by atoms with Crippen molar-refractivity contribution < 1.29 is 13.2 Å². The Balaban J connectivity index is 1.86. The van der Waals surface area contributed by atoms with Gasteiger partial charge in [0.05, 0.1) is 10.9 Å². The lowest BCUT2D eigenvalue weighted by atomic mass is 9.99. The van der Waals surface area contributed by atoms with Gasteiger partial charge in [0.2, 0.25) is 15.9 Å². The first kappa shape index (κ1) is 20.8. The van der Waals surface area contributed by atoms with Crippen LogP contribution in [0.4, 0.5) is 5.69 Å². The van der Waals surface area contributed by atoms with E-state index in [9.17, 15) is 13.2 Å². The molecule has 0 aliphatic rings. The van der Waals surface area contributed by atoms with Crippen LogP contribution in [0.2, 0.25) is 0 Å². The number of benzene rings is 3. The van der Waals surface area contributed by atoms with Crippen molar-refractivity contribution in [3.8, 4) is 0 Å². The molecule has 1 amide bonds. The van der Waals surface area contributed by atoms with Crippen LogP contribution in [-0.4, -0.2) is 14.3 Å². The minimum atomic E-state index is -3.79. The Morgan fingerprint density at radius 2 is 1.48 bits per heavy atom. The SMILES string of the molecule is Cc1ccc(S(=O)(=O)NC(CC(=O)Nc2ccccc2)c2ccccc2C)cc1. The maximum atomic E-state index is 12.9. The molecular weight excluding hydrogens is 384 g/mol. The van der Waals surface area contributed by atoms with Crippen molar-refractivity contribution >= 4 is 21.6 Å². The molecule has 3 rings (SSSR count). The molecule has 3 aromatic carbocycles. The third-order valence-corrected chi connectivity index (χ3v) is 6.13. The topological polar surface area (TPSA) is 75.3 Å². The number of hydrogen-bond donors (Lipinski definition) is 2. The van der Waals surface area contributed by atoms with Crippen LogP contribution in [0.5, 0.6) is 0 Å². The summed E-state index contributed by atoms with van der Waals surface area (Å²) < 4.78 is 28.6. The molecule has 0 spiro atoms. The fraction of sp³-hybridized carbons (Fsp3) is 0.174. The first-order valence-corrected chi connectivity index (χ1v) is 10.8. The van der Waals surface area contributed by atoms with Crippen LogP contribution < -0.4 is 10.0 Å². The highest BCUT2D eigenvalue weighted by Gasteiger charge is 2.24. The van der Waals surface area contributed by atoms with E-state index in [1.807, 2.05) is 56.3 Å². The number of carbonyl (C=O) groups is 1. The molecule has 0 bridgehead atoms. The Labute approximate surface area is 171 Å². The Morgan fingerprint density at radius 1 is 0.862 bits per heavy atom. The molecule has 6 heteroatoms. The van der Waals surface area contributed by atoms with Crippen LogP contribution >= 0.6 is 0 Å². The number of para-hydroxylation sites is 1. The van der Waals surface area contributed by atoms with E-state index in [2.05, 4.69) is 10.0 Å². The van der Waals surface area contributed by atoms with Crippen LogP contribution in [0.1, 0.15) is 29.2 Å². The first-order chi connectivity index (χ1) is 13.8. The van der Waals surface area contributed by atoms with Gasteiger partial charge < -0.3 is 5.32 Å². The highest BCUT2D eigenvalue weighted by molar-refractivity contribution is 7.89. The van der Waals surface area contributed by atoms with Gasteiger partial charge in [-0.3, -0.25) is 4.79 Å². The molecule has 29 heavy (non-hydrogen) atoms. The summed E-state index contributed by atoms with van der Waals surface area (Å²) in [5.74, 6) is -0.268. The third kappa shape index (κ3) is 5.53. The molecule has 0 heterocycles. The second kappa shape index (κ2) is 9.03. The molecule has 2 N–H and O–H groups in total. The summed E-state index contributed by atoms with van der Waals surface area (Å²) >= 11 is 0. The summed E-state index contributed by atoms with van der Waals surface area (Å²) in [5, 5.41) is 2.82. The second-order valence-electron chi connectivity index (χ2n) is 6.96. The van der Waals surface area contributed by atoms with E-state index in [1.165, 1.54) is 0 Å². The van der Waals surface area contributed by atoms with Crippen LogP contribution in [-0.2, 0) is 14.8 Å². The predicted molar refractivity (Wildman–Crippen MR) is 115 cm³/mol. The van der Waals surface area contributed by atoms with Crippen LogP contribution in [0, 0.1) is 13.8 Å². The molecule has 0 aromatic heterocycles. The molecule has 0 radical (unpaired) electrons. The zero-order chi connectivity index (χ0) is 20.9. The van der Waals surface area contributed by atoms with Crippen molar-refractivity contribution in [2.75, 3.05) is 5.32 Å². The summed E-state index contributed by atoms with van der Waals surface area (Å²) in [6.45, 7) is 3.80. The van der Waals surface area contributed by atoms with Crippen molar-refractivity contribution in [2.24, 2.45) is 0 Å². The molecule has 0 aliphatic carbocycles. The van der Waals surface area contributed by atoms with Crippen molar-refractivity contribution in [2.45, 2.75) is 31.2 Å². The van der Waals surface area contributed by atoms with E-state index >= 15 is 0 Å². The zero-order valence-electron chi connectivity index (χ0n) is 16.4.